The largest absolute Gasteiger partial charge is 1.00 e. The van der Waals surface area contributed by atoms with Crippen LogP contribution in [0.2, 0.25) is 13.1 Å². The topological polar surface area (TPSA) is 0 Å². The average Bonchev–Trinajstić information content (AvgIpc) is 3.18. The Bertz CT molecular complexity index is 623. The summed E-state index contributed by atoms with van der Waals surface area (Å²) in [6.07, 6.45) is 3.80. The van der Waals surface area contributed by atoms with Crippen molar-refractivity contribution in [3.8, 4) is 0 Å². The predicted octanol–water partition coefficient (Wildman–Crippen LogP) is 0.0991. The van der Waals surface area contributed by atoms with Crippen LogP contribution in [0.3, 0.4) is 0 Å². The van der Waals surface area contributed by atoms with Gasteiger partial charge in [0, 0.05) is 0 Å². The first-order valence-electron chi connectivity index (χ1n) is 7.97. The molecule has 0 N–H and O–H groups in total. The van der Waals surface area contributed by atoms with E-state index in [1.165, 1.54) is 35.6 Å². The molecular weight excluding hydrogens is 430 g/mol. The minimum absolute atomic E-state index is 0. The second-order valence-electron chi connectivity index (χ2n) is 5.51. The molecule has 0 aliphatic rings. The van der Waals surface area contributed by atoms with Gasteiger partial charge in [-0.3, -0.25) is 0 Å². The van der Waals surface area contributed by atoms with Crippen LogP contribution < -0.4 is 24.8 Å². The number of hydrogen-bond acceptors (Lipinski definition) is 0. The molecule has 0 saturated heterocycles. The third-order valence-electron chi connectivity index (χ3n) is 3.13. The summed E-state index contributed by atoms with van der Waals surface area (Å²) in [7, 11) is 0. The third-order valence-corrected chi connectivity index (χ3v) is 3.13. The molecule has 0 fully saturated rings. The monoisotopic (exact) mass is 454 g/mol. The summed E-state index contributed by atoms with van der Waals surface area (Å²) in [5.74, 6) is 0. The first-order chi connectivity index (χ1) is 10.6. The fourth-order valence-corrected chi connectivity index (χ4v) is 2.12. The molecule has 0 saturated carbocycles. The van der Waals surface area contributed by atoms with Crippen molar-refractivity contribution in [1.29, 1.82) is 0 Å². The van der Waals surface area contributed by atoms with Gasteiger partial charge in [-0.05, 0) is 0 Å². The summed E-state index contributed by atoms with van der Waals surface area (Å²) in [5, 5.41) is 2.82. The normalized spacial score (nSPS) is 8.71. The van der Waals surface area contributed by atoms with Gasteiger partial charge in [0.15, 0.2) is 0 Å². The Morgan fingerprint density at radius 3 is 2.08 bits per heavy atom. The molecule has 3 aromatic rings. The van der Waals surface area contributed by atoms with E-state index in [2.05, 4.69) is 56.4 Å². The zero-order valence-corrected chi connectivity index (χ0v) is 19.7. The van der Waals surface area contributed by atoms with Crippen LogP contribution in [0.1, 0.15) is 25.3 Å². The molecule has 3 aromatic carbocycles. The molecule has 0 nitrogen and oxygen atoms in total. The fraction of sp³-hybridized carbons (Fsp3) is 0.300. The van der Waals surface area contributed by atoms with Gasteiger partial charge in [0.25, 0.3) is 0 Å². The minimum atomic E-state index is 0. The van der Waals surface area contributed by atoms with Crippen molar-refractivity contribution < 1.29 is 48.1 Å². The second kappa shape index (κ2) is 16.3. The van der Waals surface area contributed by atoms with Crippen molar-refractivity contribution in [3.63, 3.8) is 0 Å². The van der Waals surface area contributed by atoms with Gasteiger partial charge in [0.2, 0.25) is 0 Å². The number of halogens is 2. The van der Waals surface area contributed by atoms with Gasteiger partial charge in [-0.15, -0.1) is 41.1 Å². The number of unbranched alkanes of at least 4 members (excludes halogenated alkanes) is 1. The zero-order valence-electron chi connectivity index (χ0n) is 14.7. The Hall–Kier alpha value is -0.140. The minimum Gasteiger partial charge on any atom is -1.00 e. The van der Waals surface area contributed by atoms with E-state index in [0.717, 1.165) is 0 Å². The van der Waals surface area contributed by atoms with Crippen LogP contribution in [0.4, 0.5) is 0 Å². The maximum atomic E-state index is 2.31. The number of hydrogen-bond donors (Lipinski definition) is 0. The molecule has 0 spiro atoms. The maximum absolute atomic E-state index is 2.31. The predicted molar refractivity (Wildman–Crippen MR) is 97.7 cm³/mol. The molecule has 24 heavy (non-hydrogen) atoms. The molecule has 0 amide bonds. The van der Waals surface area contributed by atoms with E-state index in [0.29, 0.717) is 0 Å². The molecule has 0 aromatic heterocycles. The van der Waals surface area contributed by atoms with Crippen LogP contribution >= 0.6 is 0 Å². The van der Waals surface area contributed by atoms with E-state index in [4.69, 9.17) is 0 Å². The van der Waals surface area contributed by atoms with Crippen molar-refractivity contribution in [2.24, 2.45) is 0 Å². The Morgan fingerprint density at radius 1 is 1.00 bits per heavy atom. The van der Waals surface area contributed by atoms with Gasteiger partial charge >= 0.3 is 41.9 Å². The number of benzene rings is 1. The molecule has 130 valence electrons. The summed E-state index contributed by atoms with van der Waals surface area (Å²) in [5.41, 5.74) is 1.72. The van der Waals surface area contributed by atoms with E-state index in [1.807, 2.05) is 30.3 Å². The van der Waals surface area contributed by atoms with Crippen molar-refractivity contribution in [1.82, 2.24) is 0 Å². The summed E-state index contributed by atoms with van der Waals surface area (Å²) in [6, 6.07) is 23.1. The van der Waals surface area contributed by atoms with E-state index in [1.54, 1.807) is 23.3 Å². The first kappa shape index (κ1) is 26.1. The summed E-state index contributed by atoms with van der Waals surface area (Å²) in [6.45, 7) is 6.86. The SMILES string of the molecule is CCCCc1c[cH-]c2ccccc12.C[Si](C)=[Zr+2].[Cl-].[Cl-].c1cc[cH-]c1. The molecule has 0 heterocycles. The van der Waals surface area contributed by atoms with Gasteiger partial charge in [0.1, 0.15) is 0 Å². The maximum Gasteiger partial charge on any atom is -0.172 e. The Labute approximate surface area is 175 Å². The van der Waals surface area contributed by atoms with Crippen LogP contribution in [-0.2, 0) is 29.8 Å². The van der Waals surface area contributed by atoms with Gasteiger partial charge in [-0.1, -0.05) is 32.3 Å². The quantitative estimate of drug-likeness (QED) is 0.388. The second-order valence-corrected chi connectivity index (χ2v) is 14.9. The van der Waals surface area contributed by atoms with E-state index in [-0.39, 0.29) is 30.2 Å². The summed E-state index contributed by atoms with van der Waals surface area (Å²) >= 11 is 1.74. The summed E-state index contributed by atoms with van der Waals surface area (Å²) in [4.78, 5) is 0. The molecular formula is C20H26Cl2SiZr-2. The molecule has 0 radical (unpaired) electrons. The third kappa shape index (κ3) is 11.4. The van der Waals surface area contributed by atoms with E-state index >= 15 is 0 Å². The fourth-order valence-electron chi connectivity index (χ4n) is 2.12. The number of aryl methyl sites for hydroxylation is 1. The van der Waals surface area contributed by atoms with E-state index < -0.39 is 0 Å². The molecule has 0 atom stereocenters. The van der Waals surface area contributed by atoms with Gasteiger partial charge in [-0.2, -0.15) is 23.8 Å². The van der Waals surface area contributed by atoms with Gasteiger partial charge in [0.05, 0.1) is 0 Å². The van der Waals surface area contributed by atoms with Crippen molar-refractivity contribution >= 4 is 16.2 Å². The van der Waals surface area contributed by atoms with Crippen LogP contribution in [0.15, 0.2) is 66.7 Å². The molecule has 4 heteroatoms. The van der Waals surface area contributed by atoms with Crippen molar-refractivity contribution in [2.45, 2.75) is 39.3 Å². The summed E-state index contributed by atoms with van der Waals surface area (Å²) < 4.78 is 0. The van der Waals surface area contributed by atoms with Crippen molar-refractivity contribution in [2.75, 3.05) is 0 Å². The van der Waals surface area contributed by atoms with Crippen LogP contribution in [-0.4, -0.2) is 5.43 Å². The van der Waals surface area contributed by atoms with Crippen LogP contribution in [0.5, 0.6) is 0 Å². The van der Waals surface area contributed by atoms with Crippen LogP contribution in [0.25, 0.3) is 10.8 Å². The number of fused-ring (bicyclic) bond motifs is 1. The van der Waals surface area contributed by atoms with Gasteiger partial charge in [-0.25, -0.2) is 12.1 Å². The van der Waals surface area contributed by atoms with Crippen molar-refractivity contribution in [3.05, 3.63) is 72.3 Å². The van der Waals surface area contributed by atoms with E-state index in [9.17, 15) is 0 Å². The molecule has 0 unspecified atom stereocenters. The number of rotatable bonds is 3. The van der Waals surface area contributed by atoms with Gasteiger partial charge < -0.3 is 24.8 Å². The molecule has 0 aliphatic heterocycles. The van der Waals surface area contributed by atoms with Crippen LogP contribution in [0, 0.1) is 0 Å². The molecule has 0 bridgehead atoms. The standard InChI is InChI=1S/C13H15.C5H5.C2H6Si.2ClH.Zr/c1-2-3-6-11-9-10-12-7-4-5-8-13(11)12;1-2-4-5-3-1;1-3-2;;;/h4-5,7-10H,2-3,6H2,1H3;1-5H;1-2H3;2*1H;/q2*-1;;;;+2/p-2. The Morgan fingerprint density at radius 2 is 1.58 bits per heavy atom. The zero-order chi connectivity index (χ0) is 16.2. The Kier molecular flexibility index (Phi) is 17.8. The first-order valence-corrected chi connectivity index (χ1v) is 14.2. The molecule has 3 rings (SSSR count). The average molecular weight is 457 g/mol. The Balaban J connectivity index is 0. The smallest absolute Gasteiger partial charge is 0.172 e. The molecule has 0 aliphatic carbocycles.